The average Bonchev–Trinajstić information content (AvgIpc) is 3.00. The molecule has 0 aliphatic carbocycles. The lowest BCUT2D eigenvalue weighted by atomic mass is 10.3. The highest BCUT2D eigenvalue weighted by Gasteiger charge is 2.08. The van der Waals surface area contributed by atoms with Crippen molar-refractivity contribution >= 4 is 27.5 Å². The number of hydrogen-bond donors (Lipinski definition) is 1. The van der Waals surface area contributed by atoms with Crippen molar-refractivity contribution in [1.29, 1.82) is 0 Å². The number of rotatable bonds is 6. The van der Waals surface area contributed by atoms with Gasteiger partial charge in [-0.15, -0.1) is 0 Å². The Bertz CT molecular complexity index is 863. The first-order chi connectivity index (χ1) is 11.7. The van der Waals surface area contributed by atoms with E-state index >= 15 is 0 Å². The maximum Gasteiger partial charge on any atom is 0.258 e. The van der Waals surface area contributed by atoms with Gasteiger partial charge in [0.05, 0.1) is 19.3 Å². The van der Waals surface area contributed by atoms with Crippen molar-refractivity contribution in [3.05, 3.63) is 59.0 Å². The van der Waals surface area contributed by atoms with Gasteiger partial charge in [-0.05, 0) is 40.2 Å². The molecule has 3 aromatic rings. The Morgan fingerprint density at radius 2 is 2.00 bits per heavy atom. The van der Waals surface area contributed by atoms with Crippen molar-refractivity contribution in [2.45, 2.75) is 6.54 Å². The maximum atomic E-state index is 11.9. The number of imidazole rings is 1. The molecule has 0 bridgehead atoms. The van der Waals surface area contributed by atoms with Crippen LogP contribution in [0.2, 0.25) is 0 Å². The topological polar surface area (TPSA) is 64.9 Å². The molecule has 2 heterocycles. The molecule has 0 unspecified atom stereocenters. The molecule has 3 rings (SSSR count). The minimum Gasteiger partial charge on any atom is -0.493 e. The van der Waals surface area contributed by atoms with Crippen LogP contribution >= 0.6 is 15.9 Å². The Morgan fingerprint density at radius 3 is 2.79 bits per heavy atom. The van der Waals surface area contributed by atoms with Crippen LogP contribution in [-0.4, -0.2) is 29.0 Å². The summed E-state index contributed by atoms with van der Waals surface area (Å²) >= 11 is 3.41. The quantitative estimate of drug-likeness (QED) is 0.703. The molecule has 1 amide bonds. The summed E-state index contributed by atoms with van der Waals surface area (Å²) in [6.45, 7) is 0.257. The molecule has 0 atom stereocenters. The second-order valence-electron chi connectivity index (χ2n) is 5.06. The number of methoxy groups -OCH3 is 1. The molecular formula is C17H16BrN3O3. The Labute approximate surface area is 147 Å². The van der Waals surface area contributed by atoms with Gasteiger partial charge in [-0.25, -0.2) is 4.98 Å². The molecule has 0 aliphatic rings. The fraction of sp³-hybridized carbons (Fsp3) is 0.176. The second-order valence-corrected chi connectivity index (χ2v) is 5.98. The molecule has 0 fully saturated rings. The summed E-state index contributed by atoms with van der Waals surface area (Å²) in [6, 6.07) is 11.0. The SMILES string of the molecule is COc1ccccc1OCC(=O)NCc1cn2cc(Br)ccc2n1. The lowest BCUT2D eigenvalue weighted by Gasteiger charge is -2.10. The zero-order valence-corrected chi connectivity index (χ0v) is 14.6. The van der Waals surface area contributed by atoms with Gasteiger partial charge in [0.15, 0.2) is 18.1 Å². The van der Waals surface area contributed by atoms with Crippen LogP contribution in [0.15, 0.2) is 53.3 Å². The smallest absolute Gasteiger partial charge is 0.258 e. The van der Waals surface area contributed by atoms with Crippen molar-refractivity contribution in [3.63, 3.8) is 0 Å². The standard InChI is InChI=1S/C17H16BrN3O3/c1-23-14-4-2-3-5-15(14)24-11-17(22)19-8-13-10-21-9-12(18)6-7-16(21)20-13/h2-7,9-10H,8,11H2,1H3,(H,19,22). The highest BCUT2D eigenvalue weighted by Crippen LogP contribution is 2.25. The number of pyridine rings is 1. The van der Waals surface area contributed by atoms with Gasteiger partial charge >= 0.3 is 0 Å². The number of carbonyl (C=O) groups excluding carboxylic acids is 1. The van der Waals surface area contributed by atoms with Gasteiger partial charge in [-0.1, -0.05) is 12.1 Å². The molecule has 24 heavy (non-hydrogen) atoms. The largest absolute Gasteiger partial charge is 0.493 e. The van der Waals surface area contributed by atoms with E-state index in [4.69, 9.17) is 9.47 Å². The minimum absolute atomic E-state index is 0.0840. The normalized spacial score (nSPS) is 10.6. The van der Waals surface area contributed by atoms with Gasteiger partial charge in [0, 0.05) is 16.9 Å². The number of amides is 1. The lowest BCUT2D eigenvalue weighted by Crippen LogP contribution is -2.28. The third kappa shape index (κ3) is 3.86. The summed E-state index contributed by atoms with van der Waals surface area (Å²) in [5.74, 6) is 0.906. The van der Waals surface area contributed by atoms with Crippen LogP contribution in [0.3, 0.4) is 0 Å². The lowest BCUT2D eigenvalue weighted by molar-refractivity contribution is -0.123. The molecule has 0 saturated carbocycles. The molecule has 0 aliphatic heterocycles. The molecule has 124 valence electrons. The molecule has 6 nitrogen and oxygen atoms in total. The van der Waals surface area contributed by atoms with E-state index in [1.54, 1.807) is 19.2 Å². The van der Waals surface area contributed by atoms with E-state index in [1.807, 2.05) is 41.1 Å². The summed E-state index contributed by atoms with van der Waals surface area (Å²) in [7, 11) is 1.56. The number of hydrogen-bond acceptors (Lipinski definition) is 4. The molecule has 1 aromatic carbocycles. The number of aromatic nitrogens is 2. The van der Waals surface area contributed by atoms with Gasteiger partial charge in [0.2, 0.25) is 0 Å². The molecular weight excluding hydrogens is 374 g/mol. The van der Waals surface area contributed by atoms with Gasteiger partial charge < -0.3 is 19.2 Å². The number of para-hydroxylation sites is 2. The first kappa shape index (κ1) is 16.3. The van der Waals surface area contributed by atoms with Crippen molar-refractivity contribution in [1.82, 2.24) is 14.7 Å². The fourth-order valence-electron chi connectivity index (χ4n) is 2.22. The van der Waals surface area contributed by atoms with Crippen LogP contribution in [0, 0.1) is 0 Å². The van der Waals surface area contributed by atoms with Crippen LogP contribution in [0.1, 0.15) is 5.69 Å². The van der Waals surface area contributed by atoms with Crippen molar-refractivity contribution in [3.8, 4) is 11.5 Å². The first-order valence-corrected chi connectivity index (χ1v) is 8.10. The van der Waals surface area contributed by atoms with Crippen molar-refractivity contribution in [2.24, 2.45) is 0 Å². The number of ether oxygens (including phenoxy) is 2. The van der Waals surface area contributed by atoms with E-state index in [9.17, 15) is 4.79 Å². The van der Waals surface area contributed by atoms with Crippen LogP contribution < -0.4 is 14.8 Å². The van der Waals surface area contributed by atoms with Crippen LogP contribution in [0.5, 0.6) is 11.5 Å². The van der Waals surface area contributed by atoms with Crippen molar-refractivity contribution < 1.29 is 14.3 Å². The van der Waals surface area contributed by atoms with Crippen molar-refractivity contribution in [2.75, 3.05) is 13.7 Å². The van der Waals surface area contributed by atoms with E-state index in [1.165, 1.54) is 0 Å². The third-order valence-electron chi connectivity index (χ3n) is 3.36. The number of benzene rings is 1. The van der Waals surface area contributed by atoms with E-state index < -0.39 is 0 Å². The monoisotopic (exact) mass is 389 g/mol. The number of nitrogens with one attached hydrogen (secondary N) is 1. The Hall–Kier alpha value is -2.54. The Morgan fingerprint density at radius 1 is 1.21 bits per heavy atom. The molecule has 0 spiro atoms. The second kappa shape index (κ2) is 7.35. The molecule has 7 heteroatoms. The third-order valence-corrected chi connectivity index (χ3v) is 3.83. The van der Waals surface area contributed by atoms with Crippen LogP contribution in [0.4, 0.5) is 0 Å². The predicted molar refractivity (Wildman–Crippen MR) is 93.2 cm³/mol. The van der Waals surface area contributed by atoms with E-state index in [-0.39, 0.29) is 12.5 Å². The zero-order chi connectivity index (χ0) is 16.9. The number of nitrogens with zero attached hydrogens (tertiary/aromatic N) is 2. The molecule has 0 saturated heterocycles. The number of carbonyl (C=O) groups is 1. The number of halogens is 1. The summed E-state index contributed by atoms with van der Waals surface area (Å²) < 4.78 is 13.5. The fourth-order valence-corrected chi connectivity index (χ4v) is 2.58. The summed E-state index contributed by atoms with van der Waals surface area (Å²) in [5, 5.41) is 2.79. The minimum atomic E-state index is -0.223. The van der Waals surface area contributed by atoms with Crippen LogP contribution in [0.25, 0.3) is 5.65 Å². The summed E-state index contributed by atoms with van der Waals surface area (Å²) in [4.78, 5) is 16.4. The first-order valence-electron chi connectivity index (χ1n) is 7.31. The number of fused-ring (bicyclic) bond motifs is 1. The summed E-state index contributed by atoms with van der Waals surface area (Å²) in [6.07, 6.45) is 3.79. The average molecular weight is 390 g/mol. The Balaban J connectivity index is 1.55. The molecule has 0 radical (unpaired) electrons. The maximum absolute atomic E-state index is 11.9. The van der Waals surface area contributed by atoms with Crippen LogP contribution in [-0.2, 0) is 11.3 Å². The van der Waals surface area contributed by atoms with E-state index in [0.717, 1.165) is 15.8 Å². The molecule has 1 N–H and O–H groups in total. The van der Waals surface area contributed by atoms with Gasteiger partial charge in [-0.3, -0.25) is 4.79 Å². The van der Waals surface area contributed by atoms with Gasteiger partial charge in [0.1, 0.15) is 5.65 Å². The van der Waals surface area contributed by atoms with Gasteiger partial charge in [-0.2, -0.15) is 0 Å². The zero-order valence-electron chi connectivity index (χ0n) is 13.0. The summed E-state index contributed by atoms with van der Waals surface area (Å²) in [5.41, 5.74) is 1.60. The van der Waals surface area contributed by atoms with E-state index in [2.05, 4.69) is 26.2 Å². The van der Waals surface area contributed by atoms with E-state index in [0.29, 0.717) is 18.0 Å². The molecule has 2 aromatic heterocycles. The van der Waals surface area contributed by atoms with Gasteiger partial charge in [0.25, 0.3) is 5.91 Å². The highest BCUT2D eigenvalue weighted by atomic mass is 79.9. The Kier molecular flexibility index (Phi) is 5.00. The highest BCUT2D eigenvalue weighted by molar-refractivity contribution is 9.10. The predicted octanol–water partition coefficient (Wildman–Crippen LogP) is 2.80.